The van der Waals surface area contributed by atoms with Crippen molar-refractivity contribution in [1.29, 1.82) is 0 Å². The molecule has 0 saturated heterocycles. The Morgan fingerprint density at radius 2 is 2.03 bits per heavy atom. The third-order valence-electron chi connectivity index (χ3n) is 5.49. The van der Waals surface area contributed by atoms with E-state index < -0.39 is 34.9 Å². The lowest BCUT2D eigenvalue weighted by atomic mass is 10.0. The van der Waals surface area contributed by atoms with Crippen LogP contribution in [0.1, 0.15) is 22.9 Å². The number of halogens is 2. The Labute approximate surface area is 192 Å². The van der Waals surface area contributed by atoms with Crippen molar-refractivity contribution in [2.45, 2.75) is 37.0 Å². The molecule has 2 amide bonds. The number of nitrogens with zero attached hydrogens (tertiary/aromatic N) is 5. The summed E-state index contributed by atoms with van der Waals surface area (Å²) in [6.45, 7) is -0.812. The molecule has 2 aliphatic rings. The molecule has 1 atom stereocenters. The van der Waals surface area contributed by atoms with Crippen LogP contribution < -0.4 is 10.1 Å². The van der Waals surface area contributed by atoms with Gasteiger partial charge >= 0.3 is 0 Å². The fourth-order valence-corrected chi connectivity index (χ4v) is 5.01. The molecule has 0 radical (unpaired) electrons. The average molecular weight is 492 g/mol. The zero-order valence-electron chi connectivity index (χ0n) is 17.5. The van der Waals surface area contributed by atoms with Gasteiger partial charge in [0.2, 0.25) is 0 Å². The van der Waals surface area contributed by atoms with Gasteiger partial charge in [0, 0.05) is 30.1 Å². The highest BCUT2D eigenvalue weighted by atomic mass is 32.2. The smallest absolute Gasteiger partial charge is 0.286 e. The molecule has 0 fully saturated rings. The maximum absolute atomic E-state index is 13.3. The molecule has 0 bridgehead atoms. The third kappa shape index (κ3) is 3.89. The number of carbonyl (C=O) groups is 2. The molecular weight excluding hydrogens is 474 g/mol. The monoisotopic (exact) mass is 492 g/mol. The minimum absolute atomic E-state index is 0.0384. The highest BCUT2D eigenvalue weighted by molar-refractivity contribution is 7.89. The van der Waals surface area contributed by atoms with Gasteiger partial charge < -0.3 is 15.0 Å². The summed E-state index contributed by atoms with van der Waals surface area (Å²) >= 11 is 0. The van der Waals surface area contributed by atoms with Crippen molar-refractivity contribution in [2.75, 3.05) is 6.61 Å². The van der Waals surface area contributed by atoms with Crippen LogP contribution in [0.4, 0.5) is 8.78 Å². The number of para-hydroxylation sites is 1. The highest BCUT2D eigenvalue weighted by Gasteiger charge is 2.36. The first-order valence-corrected chi connectivity index (χ1v) is 11.6. The van der Waals surface area contributed by atoms with Crippen LogP contribution in [-0.2, 0) is 39.2 Å². The summed E-state index contributed by atoms with van der Waals surface area (Å²) in [5.41, 5.74) is 1.42. The number of amides is 2. The number of hydrogen-bond acceptors (Lipinski definition) is 7. The molecule has 2 aromatic heterocycles. The molecule has 2 aliphatic heterocycles. The Morgan fingerprint density at radius 3 is 2.79 bits per heavy atom. The van der Waals surface area contributed by atoms with Crippen LogP contribution in [0.15, 0.2) is 47.8 Å². The van der Waals surface area contributed by atoms with Crippen LogP contribution in [0, 0.1) is 0 Å². The zero-order chi connectivity index (χ0) is 24.0. The first-order valence-electron chi connectivity index (χ1n) is 10.2. The largest absolute Gasteiger partial charge is 0.483 e. The number of nitrogens with one attached hydrogen (secondary N) is 1. The molecule has 178 valence electrons. The van der Waals surface area contributed by atoms with E-state index in [2.05, 4.69) is 15.5 Å². The van der Waals surface area contributed by atoms with E-state index in [9.17, 15) is 26.8 Å². The lowest BCUT2D eigenvalue weighted by molar-refractivity contribution is -0.137. The molecule has 3 aromatic rings. The van der Waals surface area contributed by atoms with Crippen molar-refractivity contribution in [3.63, 3.8) is 0 Å². The van der Waals surface area contributed by atoms with Crippen molar-refractivity contribution in [2.24, 2.45) is 0 Å². The average Bonchev–Trinajstić information content (AvgIpc) is 3.48. The van der Waals surface area contributed by atoms with Crippen molar-refractivity contribution >= 4 is 21.8 Å². The first kappa shape index (κ1) is 22.0. The van der Waals surface area contributed by atoms with Crippen molar-refractivity contribution in [3.8, 4) is 5.75 Å². The molecule has 4 heterocycles. The summed E-state index contributed by atoms with van der Waals surface area (Å²) in [5.74, 6) is -0.387. The quantitative estimate of drug-likeness (QED) is 0.555. The predicted molar refractivity (Wildman–Crippen MR) is 110 cm³/mol. The summed E-state index contributed by atoms with van der Waals surface area (Å²) < 4.78 is 57.8. The maximum Gasteiger partial charge on any atom is 0.286 e. The van der Waals surface area contributed by atoms with Gasteiger partial charge in [0.25, 0.3) is 28.3 Å². The number of carbonyl (C=O) groups excluding carboxylic acids is 2. The van der Waals surface area contributed by atoms with Crippen molar-refractivity contribution < 1.29 is 31.5 Å². The minimum atomic E-state index is -4.14. The molecule has 1 aromatic carbocycles. The third-order valence-corrected chi connectivity index (χ3v) is 6.98. The van der Waals surface area contributed by atoms with Gasteiger partial charge in [0.05, 0.1) is 18.4 Å². The van der Waals surface area contributed by atoms with E-state index in [1.54, 1.807) is 24.3 Å². The Balaban J connectivity index is 1.35. The van der Waals surface area contributed by atoms with E-state index in [0.717, 1.165) is 21.2 Å². The number of ether oxygens (including phenoxy) is 1. The normalized spacial score (nSPS) is 17.7. The summed E-state index contributed by atoms with van der Waals surface area (Å²) in [6, 6.07) is 5.89. The summed E-state index contributed by atoms with van der Waals surface area (Å²) in [5, 5.41) is 10.4. The second-order valence-electron chi connectivity index (χ2n) is 7.79. The molecule has 11 nitrogen and oxygen atoms in total. The number of alkyl halides is 2. The van der Waals surface area contributed by atoms with Gasteiger partial charge in [-0.15, -0.1) is 0 Å². The van der Waals surface area contributed by atoms with Gasteiger partial charge in [-0.05, 0) is 6.07 Å². The van der Waals surface area contributed by atoms with Crippen LogP contribution in [-0.4, -0.2) is 57.1 Å². The Morgan fingerprint density at radius 1 is 1.24 bits per heavy atom. The highest BCUT2D eigenvalue weighted by Crippen LogP contribution is 2.31. The van der Waals surface area contributed by atoms with Gasteiger partial charge in [-0.2, -0.15) is 22.7 Å². The Bertz CT molecular complexity index is 1360. The van der Waals surface area contributed by atoms with Crippen LogP contribution in [0.25, 0.3) is 0 Å². The number of aromatic nitrogens is 4. The van der Waals surface area contributed by atoms with Gasteiger partial charge in [0.15, 0.2) is 6.61 Å². The minimum Gasteiger partial charge on any atom is -0.483 e. The molecule has 14 heteroatoms. The van der Waals surface area contributed by atoms with Crippen LogP contribution in [0.5, 0.6) is 5.75 Å². The van der Waals surface area contributed by atoms with Crippen molar-refractivity contribution in [1.82, 2.24) is 29.2 Å². The molecule has 0 unspecified atom stereocenters. The fraction of sp³-hybridized carbons (Fsp3) is 0.300. The van der Waals surface area contributed by atoms with Crippen LogP contribution >= 0.6 is 0 Å². The molecule has 34 heavy (non-hydrogen) atoms. The zero-order valence-corrected chi connectivity index (χ0v) is 18.3. The molecule has 0 saturated carbocycles. The van der Waals surface area contributed by atoms with Gasteiger partial charge in [-0.1, -0.05) is 18.2 Å². The second kappa shape index (κ2) is 8.20. The molecule has 5 rings (SSSR count). The number of hydrogen-bond donors (Lipinski definition) is 1. The van der Waals surface area contributed by atoms with E-state index in [0.29, 0.717) is 22.6 Å². The lowest BCUT2D eigenvalue weighted by Gasteiger charge is -2.23. The molecular formula is C20H18F2N6O5S. The fourth-order valence-electron chi connectivity index (χ4n) is 3.88. The van der Waals surface area contributed by atoms with Gasteiger partial charge in [-0.3, -0.25) is 14.3 Å². The van der Waals surface area contributed by atoms with E-state index >= 15 is 0 Å². The maximum atomic E-state index is 13.3. The number of benzene rings is 1. The van der Waals surface area contributed by atoms with E-state index in [1.165, 1.54) is 11.1 Å². The van der Waals surface area contributed by atoms with Gasteiger partial charge in [-0.25, -0.2) is 8.78 Å². The summed E-state index contributed by atoms with van der Waals surface area (Å²) in [6.07, 6.45) is 0.599. The summed E-state index contributed by atoms with van der Waals surface area (Å²) in [4.78, 5) is 26.5. The SMILES string of the molecule is O=C1COc2ccccc2[C@H](C(=O)N2Cc3cn(S(=O)(=O)c4cnn(CC(F)F)c4)nc3C2)N1. The molecule has 0 spiro atoms. The summed E-state index contributed by atoms with van der Waals surface area (Å²) in [7, 11) is -4.14. The number of rotatable bonds is 5. The van der Waals surface area contributed by atoms with Crippen LogP contribution in [0.2, 0.25) is 0 Å². The first-order chi connectivity index (χ1) is 16.2. The Hall–Kier alpha value is -3.81. The molecule has 0 aliphatic carbocycles. The standard InChI is InChI=1S/C20H18F2N6O5S/c21-17(22)10-27-8-13(5-23-27)34(31,32)28-7-12-6-26(9-15(12)25-28)20(30)19-14-3-1-2-4-16(14)33-11-18(29)24-19/h1-5,7-8,17,19H,6,9-11H2,(H,24,29)/t19-/m1/s1. The second-order valence-corrected chi connectivity index (χ2v) is 9.58. The topological polar surface area (TPSA) is 128 Å². The number of fused-ring (bicyclic) bond motifs is 2. The Kier molecular flexibility index (Phi) is 5.31. The van der Waals surface area contributed by atoms with E-state index in [-0.39, 0.29) is 30.5 Å². The lowest BCUT2D eigenvalue weighted by Crippen LogP contribution is -2.41. The van der Waals surface area contributed by atoms with E-state index in [4.69, 9.17) is 4.74 Å². The van der Waals surface area contributed by atoms with Crippen molar-refractivity contribution in [3.05, 3.63) is 59.7 Å². The van der Waals surface area contributed by atoms with Gasteiger partial charge in [0.1, 0.15) is 23.2 Å². The molecule has 1 N–H and O–H groups in total. The van der Waals surface area contributed by atoms with E-state index in [1.807, 2.05) is 0 Å². The van der Waals surface area contributed by atoms with Crippen LogP contribution in [0.3, 0.4) is 0 Å². The predicted octanol–water partition coefficient (Wildman–Crippen LogP) is 0.674.